The predicted molar refractivity (Wildman–Crippen MR) is 134 cm³/mol. The second kappa shape index (κ2) is 10.3. The highest BCUT2D eigenvalue weighted by atomic mass is 32.2. The number of aryl methyl sites for hydroxylation is 1. The quantitative estimate of drug-likeness (QED) is 0.584. The van der Waals surface area contributed by atoms with Crippen molar-refractivity contribution >= 4 is 15.9 Å². The van der Waals surface area contributed by atoms with Crippen LogP contribution in [-0.4, -0.2) is 81.6 Å². The Bertz CT molecular complexity index is 1230. The summed E-state index contributed by atoms with van der Waals surface area (Å²) in [7, 11) is -2.29. The largest absolute Gasteiger partial charge is 0.495 e. The van der Waals surface area contributed by atoms with Crippen molar-refractivity contribution in [2.24, 2.45) is 5.92 Å². The number of piperidine rings is 1. The maximum atomic E-state index is 13.4. The fourth-order valence-electron chi connectivity index (χ4n) is 5.17. The third-order valence-corrected chi connectivity index (χ3v) is 9.08. The minimum absolute atomic E-state index is 0.0498. The van der Waals surface area contributed by atoms with Crippen molar-refractivity contribution in [3.63, 3.8) is 0 Å². The molecule has 0 aromatic heterocycles. The molecule has 10 heteroatoms. The molecule has 0 aliphatic carbocycles. The minimum Gasteiger partial charge on any atom is -0.495 e. The first-order valence-electron chi connectivity index (χ1n) is 12.4. The molecule has 0 unspecified atom stereocenters. The van der Waals surface area contributed by atoms with E-state index in [0.29, 0.717) is 38.2 Å². The maximum absolute atomic E-state index is 13.4. The number of nitrogens with zero attached hydrogens (tertiary/aromatic N) is 3. The van der Waals surface area contributed by atoms with Crippen LogP contribution in [0.5, 0.6) is 17.2 Å². The van der Waals surface area contributed by atoms with Crippen molar-refractivity contribution in [1.29, 1.82) is 0 Å². The number of piperazine rings is 1. The summed E-state index contributed by atoms with van der Waals surface area (Å²) in [5.41, 5.74) is 2.00. The van der Waals surface area contributed by atoms with Crippen molar-refractivity contribution in [1.82, 2.24) is 14.1 Å². The molecule has 1 atom stereocenters. The molecule has 1 amide bonds. The third kappa shape index (κ3) is 5.02. The average molecular weight is 516 g/mol. The number of amides is 1. The predicted octanol–water partition coefficient (Wildman–Crippen LogP) is 2.48. The van der Waals surface area contributed by atoms with Gasteiger partial charge in [0.25, 0.3) is 0 Å². The van der Waals surface area contributed by atoms with Crippen molar-refractivity contribution in [2.45, 2.75) is 31.2 Å². The fraction of sp³-hybridized carbons (Fsp3) is 0.500. The molecule has 3 aliphatic heterocycles. The van der Waals surface area contributed by atoms with Gasteiger partial charge in [0.1, 0.15) is 10.6 Å². The number of hydrogen-bond donors (Lipinski definition) is 0. The van der Waals surface area contributed by atoms with Crippen LogP contribution in [-0.2, 0) is 21.4 Å². The summed E-state index contributed by atoms with van der Waals surface area (Å²) in [6.45, 7) is 6.33. The zero-order valence-corrected chi connectivity index (χ0v) is 21.6. The summed E-state index contributed by atoms with van der Waals surface area (Å²) >= 11 is 0. The van der Waals surface area contributed by atoms with Gasteiger partial charge in [0, 0.05) is 45.8 Å². The van der Waals surface area contributed by atoms with Crippen LogP contribution in [0.2, 0.25) is 0 Å². The van der Waals surface area contributed by atoms with Gasteiger partial charge in [-0.2, -0.15) is 4.31 Å². The number of carbonyl (C=O) groups is 1. The number of benzene rings is 2. The van der Waals surface area contributed by atoms with Crippen LogP contribution in [0.1, 0.15) is 24.0 Å². The normalized spacial score (nSPS) is 20.9. The molecular weight excluding hydrogens is 482 g/mol. The van der Waals surface area contributed by atoms with Gasteiger partial charge in [-0.15, -0.1) is 0 Å². The maximum Gasteiger partial charge on any atom is 0.246 e. The third-order valence-electron chi connectivity index (χ3n) is 7.20. The smallest absolute Gasteiger partial charge is 0.246 e. The summed E-state index contributed by atoms with van der Waals surface area (Å²) in [5.74, 6) is 1.60. The molecule has 2 saturated heterocycles. The molecule has 0 bridgehead atoms. The fourth-order valence-corrected chi connectivity index (χ4v) is 6.93. The van der Waals surface area contributed by atoms with Crippen LogP contribution >= 0.6 is 0 Å². The lowest BCUT2D eigenvalue weighted by molar-refractivity contribution is -0.138. The van der Waals surface area contributed by atoms with E-state index in [-0.39, 0.29) is 30.1 Å². The molecule has 0 N–H and O–H groups in total. The molecule has 0 saturated carbocycles. The summed E-state index contributed by atoms with van der Waals surface area (Å²) in [5, 5.41) is 0. The summed E-state index contributed by atoms with van der Waals surface area (Å²) in [4.78, 5) is 17.7. The number of fused-ring (bicyclic) bond motifs is 1. The Morgan fingerprint density at radius 2 is 1.81 bits per heavy atom. The zero-order chi connectivity index (χ0) is 25.3. The topological polar surface area (TPSA) is 88.6 Å². The van der Waals surface area contributed by atoms with Gasteiger partial charge in [-0.05, 0) is 55.2 Å². The number of sulfonamides is 1. The monoisotopic (exact) mass is 515 g/mol. The minimum atomic E-state index is -3.76. The van der Waals surface area contributed by atoms with Crippen molar-refractivity contribution in [2.75, 3.05) is 53.2 Å². The van der Waals surface area contributed by atoms with E-state index in [2.05, 4.69) is 4.90 Å². The highest BCUT2D eigenvalue weighted by molar-refractivity contribution is 7.89. The molecule has 36 heavy (non-hydrogen) atoms. The highest BCUT2D eigenvalue weighted by Gasteiger charge is 2.37. The van der Waals surface area contributed by atoms with E-state index in [1.807, 2.05) is 36.1 Å². The van der Waals surface area contributed by atoms with Gasteiger partial charge in [-0.3, -0.25) is 9.69 Å². The summed E-state index contributed by atoms with van der Waals surface area (Å²) < 4.78 is 44.5. The van der Waals surface area contributed by atoms with E-state index in [1.165, 1.54) is 11.4 Å². The molecule has 3 aliphatic rings. The van der Waals surface area contributed by atoms with E-state index >= 15 is 0 Å². The molecule has 3 heterocycles. The summed E-state index contributed by atoms with van der Waals surface area (Å²) in [6.07, 6.45) is 1.36. The van der Waals surface area contributed by atoms with E-state index in [9.17, 15) is 13.2 Å². The number of ether oxygens (including phenoxy) is 3. The van der Waals surface area contributed by atoms with Crippen molar-refractivity contribution in [3.05, 3.63) is 47.5 Å². The Morgan fingerprint density at radius 3 is 2.58 bits per heavy atom. The highest BCUT2D eigenvalue weighted by Crippen LogP contribution is 2.33. The zero-order valence-electron chi connectivity index (χ0n) is 20.8. The van der Waals surface area contributed by atoms with E-state index in [4.69, 9.17) is 14.2 Å². The van der Waals surface area contributed by atoms with E-state index in [1.54, 1.807) is 12.1 Å². The van der Waals surface area contributed by atoms with Gasteiger partial charge >= 0.3 is 0 Å². The van der Waals surface area contributed by atoms with Crippen LogP contribution in [0, 0.1) is 12.8 Å². The summed E-state index contributed by atoms with van der Waals surface area (Å²) in [6, 6.07) is 11.1. The number of carbonyl (C=O) groups excluding carboxylic acids is 1. The SMILES string of the molecule is COc1ccc(C)cc1S(=O)(=O)N1CCC[C@H](C(=O)N2CCN(Cc3ccc4c(c3)OCO4)CC2)C1. The lowest BCUT2D eigenvalue weighted by atomic mass is 9.97. The molecule has 9 nitrogen and oxygen atoms in total. The molecule has 2 fully saturated rings. The van der Waals surface area contributed by atoms with Gasteiger partial charge < -0.3 is 19.1 Å². The lowest BCUT2D eigenvalue weighted by Gasteiger charge is -2.38. The second-order valence-corrected chi connectivity index (χ2v) is 11.6. The molecule has 194 valence electrons. The van der Waals surface area contributed by atoms with Crippen molar-refractivity contribution in [3.8, 4) is 17.2 Å². The Hall–Kier alpha value is -2.82. The van der Waals surface area contributed by atoms with E-state index in [0.717, 1.165) is 42.3 Å². The van der Waals surface area contributed by atoms with Gasteiger partial charge in [0.15, 0.2) is 11.5 Å². The van der Waals surface area contributed by atoms with Gasteiger partial charge in [-0.25, -0.2) is 8.42 Å². The first-order valence-corrected chi connectivity index (χ1v) is 13.8. The lowest BCUT2D eigenvalue weighted by Crippen LogP contribution is -2.52. The molecular formula is C26H33N3O6S. The molecule has 0 spiro atoms. The molecule has 5 rings (SSSR count). The van der Waals surface area contributed by atoms with Crippen LogP contribution in [0.15, 0.2) is 41.3 Å². The van der Waals surface area contributed by atoms with E-state index < -0.39 is 10.0 Å². The van der Waals surface area contributed by atoms with Gasteiger partial charge in [0.2, 0.25) is 22.7 Å². The van der Waals surface area contributed by atoms with Crippen LogP contribution in [0.3, 0.4) is 0 Å². The first-order chi connectivity index (χ1) is 17.3. The molecule has 2 aromatic carbocycles. The average Bonchev–Trinajstić information content (AvgIpc) is 3.37. The Labute approximate surface area is 212 Å². The Balaban J connectivity index is 1.19. The van der Waals surface area contributed by atoms with Gasteiger partial charge in [-0.1, -0.05) is 12.1 Å². The number of hydrogen-bond acceptors (Lipinski definition) is 7. The Morgan fingerprint density at radius 1 is 1.03 bits per heavy atom. The van der Waals surface area contributed by atoms with Crippen LogP contribution in [0.4, 0.5) is 0 Å². The first kappa shape index (κ1) is 24.9. The molecule has 2 aromatic rings. The van der Waals surface area contributed by atoms with Gasteiger partial charge in [0.05, 0.1) is 13.0 Å². The standard InChI is InChI=1S/C26H33N3O6S/c1-19-5-7-23(33-2)25(14-19)36(31,32)29-9-3-4-21(17-29)26(30)28-12-10-27(11-13-28)16-20-6-8-22-24(15-20)35-18-34-22/h5-8,14-15,21H,3-4,9-13,16-18H2,1-2H3/t21-/m0/s1. The van der Waals surface area contributed by atoms with Crippen molar-refractivity contribution < 1.29 is 27.4 Å². The van der Waals surface area contributed by atoms with Crippen LogP contribution < -0.4 is 14.2 Å². The number of methoxy groups -OCH3 is 1. The number of rotatable bonds is 6. The second-order valence-electron chi connectivity index (χ2n) is 9.65. The Kier molecular flexibility index (Phi) is 7.09. The molecule has 0 radical (unpaired) electrons. The van der Waals surface area contributed by atoms with Crippen LogP contribution in [0.25, 0.3) is 0 Å².